The summed E-state index contributed by atoms with van der Waals surface area (Å²) in [5.41, 5.74) is 1.22. The number of rotatable bonds is 4. The number of aromatic nitrogens is 4. The van der Waals surface area contributed by atoms with Gasteiger partial charge < -0.3 is 10.6 Å². The van der Waals surface area contributed by atoms with Crippen LogP contribution in [-0.2, 0) is 20.1 Å². The highest BCUT2D eigenvalue weighted by Gasteiger charge is 2.17. The lowest BCUT2D eigenvalue weighted by Gasteiger charge is -2.25. The monoisotopic (exact) mass is 246 g/mol. The smallest absolute Gasteiger partial charge is 0.124 e. The van der Waals surface area contributed by atoms with Gasteiger partial charge in [-0.25, -0.2) is 4.68 Å². The molecular formula is C12H18N6. The lowest BCUT2D eigenvalue weighted by Crippen LogP contribution is -2.35. The van der Waals surface area contributed by atoms with Crippen molar-refractivity contribution in [3.8, 4) is 0 Å². The molecule has 0 bridgehead atoms. The number of aryl methyl sites for hydroxylation is 1. The van der Waals surface area contributed by atoms with E-state index in [0.717, 1.165) is 32.0 Å². The van der Waals surface area contributed by atoms with Crippen LogP contribution in [0.2, 0.25) is 0 Å². The molecule has 0 saturated carbocycles. The first-order valence-electron chi connectivity index (χ1n) is 6.25. The zero-order valence-corrected chi connectivity index (χ0v) is 10.5. The Morgan fingerprint density at radius 2 is 2.44 bits per heavy atom. The second-order valence-corrected chi connectivity index (χ2v) is 4.80. The van der Waals surface area contributed by atoms with Crippen LogP contribution in [0.15, 0.2) is 24.7 Å². The van der Waals surface area contributed by atoms with Crippen LogP contribution in [0.3, 0.4) is 0 Å². The minimum absolute atomic E-state index is 0.578. The Balaban J connectivity index is 1.47. The molecule has 0 fully saturated rings. The molecule has 0 radical (unpaired) electrons. The summed E-state index contributed by atoms with van der Waals surface area (Å²) in [6.07, 6.45) is 5.78. The quantitative estimate of drug-likeness (QED) is 0.822. The predicted octanol–water partition coefficient (Wildman–Crippen LogP) is 0.448. The molecule has 3 rings (SSSR count). The van der Waals surface area contributed by atoms with Crippen molar-refractivity contribution in [2.75, 3.05) is 18.4 Å². The van der Waals surface area contributed by atoms with Gasteiger partial charge in [-0.05, 0) is 0 Å². The molecule has 0 aromatic carbocycles. The fourth-order valence-electron chi connectivity index (χ4n) is 2.31. The molecule has 0 amide bonds. The van der Waals surface area contributed by atoms with E-state index in [1.54, 1.807) is 0 Å². The van der Waals surface area contributed by atoms with Gasteiger partial charge in [0.1, 0.15) is 5.82 Å². The first kappa shape index (κ1) is 11.3. The normalized spacial score (nSPS) is 18.4. The van der Waals surface area contributed by atoms with Gasteiger partial charge in [0.15, 0.2) is 0 Å². The Morgan fingerprint density at radius 3 is 3.28 bits per heavy atom. The SMILES string of the molecule is Cn1cc(CNC[C@@H]2CNc3ccnn3C2)cn1. The number of anilines is 1. The molecule has 0 saturated heterocycles. The Bertz CT molecular complexity index is 514. The third-order valence-corrected chi connectivity index (χ3v) is 3.24. The molecule has 1 atom stereocenters. The predicted molar refractivity (Wildman–Crippen MR) is 69.1 cm³/mol. The zero-order valence-electron chi connectivity index (χ0n) is 10.5. The number of hydrogen-bond acceptors (Lipinski definition) is 4. The van der Waals surface area contributed by atoms with Gasteiger partial charge in [-0.3, -0.25) is 4.68 Å². The molecule has 18 heavy (non-hydrogen) atoms. The van der Waals surface area contributed by atoms with Crippen LogP contribution in [0.5, 0.6) is 0 Å². The topological polar surface area (TPSA) is 59.7 Å². The van der Waals surface area contributed by atoms with Crippen LogP contribution in [-0.4, -0.2) is 32.7 Å². The van der Waals surface area contributed by atoms with Crippen molar-refractivity contribution in [3.05, 3.63) is 30.2 Å². The maximum absolute atomic E-state index is 4.29. The molecule has 6 nitrogen and oxygen atoms in total. The average molecular weight is 246 g/mol. The summed E-state index contributed by atoms with van der Waals surface area (Å²) >= 11 is 0. The maximum Gasteiger partial charge on any atom is 0.124 e. The average Bonchev–Trinajstić information content (AvgIpc) is 2.97. The molecule has 2 aromatic heterocycles. The Hall–Kier alpha value is -1.82. The van der Waals surface area contributed by atoms with Gasteiger partial charge in [-0.1, -0.05) is 0 Å². The molecule has 2 aromatic rings. The van der Waals surface area contributed by atoms with Crippen LogP contribution >= 0.6 is 0 Å². The summed E-state index contributed by atoms with van der Waals surface area (Å²) in [5.74, 6) is 1.70. The van der Waals surface area contributed by atoms with Crippen LogP contribution in [0.25, 0.3) is 0 Å². The van der Waals surface area contributed by atoms with Crippen LogP contribution in [0.1, 0.15) is 5.56 Å². The third-order valence-electron chi connectivity index (χ3n) is 3.24. The van der Waals surface area contributed by atoms with Gasteiger partial charge in [-0.15, -0.1) is 0 Å². The highest BCUT2D eigenvalue weighted by Crippen LogP contribution is 2.15. The summed E-state index contributed by atoms with van der Waals surface area (Å²) in [7, 11) is 1.94. The van der Waals surface area contributed by atoms with Crippen molar-refractivity contribution in [2.45, 2.75) is 13.1 Å². The standard InChI is InChI=1S/C12H18N6/c1-17-8-11(7-16-17)5-13-4-10-6-14-12-2-3-15-18(12)9-10/h2-3,7-8,10,13-14H,4-6,9H2,1H3/t10-/m1/s1. The van der Waals surface area contributed by atoms with Gasteiger partial charge in [0, 0.05) is 57.0 Å². The summed E-state index contributed by atoms with van der Waals surface area (Å²) < 4.78 is 3.86. The van der Waals surface area contributed by atoms with E-state index in [2.05, 4.69) is 20.8 Å². The van der Waals surface area contributed by atoms with E-state index < -0.39 is 0 Å². The van der Waals surface area contributed by atoms with Gasteiger partial charge in [0.2, 0.25) is 0 Å². The van der Waals surface area contributed by atoms with E-state index in [4.69, 9.17) is 0 Å². The minimum atomic E-state index is 0.578. The fourth-order valence-corrected chi connectivity index (χ4v) is 2.31. The van der Waals surface area contributed by atoms with E-state index in [1.807, 2.05) is 41.1 Å². The molecule has 3 heterocycles. The lowest BCUT2D eigenvalue weighted by atomic mass is 10.1. The van der Waals surface area contributed by atoms with Crippen molar-refractivity contribution in [3.63, 3.8) is 0 Å². The first-order valence-corrected chi connectivity index (χ1v) is 6.25. The molecule has 0 spiro atoms. The van der Waals surface area contributed by atoms with Crippen molar-refractivity contribution < 1.29 is 0 Å². The van der Waals surface area contributed by atoms with Crippen molar-refractivity contribution in [1.29, 1.82) is 0 Å². The first-order chi connectivity index (χ1) is 8.81. The maximum atomic E-state index is 4.29. The second kappa shape index (κ2) is 4.81. The molecule has 2 N–H and O–H groups in total. The van der Waals surface area contributed by atoms with Crippen molar-refractivity contribution >= 4 is 5.82 Å². The van der Waals surface area contributed by atoms with Crippen LogP contribution in [0, 0.1) is 5.92 Å². The molecular weight excluding hydrogens is 228 g/mol. The minimum Gasteiger partial charge on any atom is -0.370 e. The van der Waals surface area contributed by atoms with Gasteiger partial charge in [0.05, 0.1) is 12.4 Å². The Kier molecular flexibility index (Phi) is 3.02. The third kappa shape index (κ3) is 2.38. The van der Waals surface area contributed by atoms with E-state index in [1.165, 1.54) is 5.56 Å². The zero-order chi connectivity index (χ0) is 12.4. The number of nitrogens with zero attached hydrogens (tertiary/aromatic N) is 4. The summed E-state index contributed by atoms with van der Waals surface area (Å²) in [6.45, 7) is 3.85. The highest BCUT2D eigenvalue weighted by atomic mass is 15.3. The van der Waals surface area contributed by atoms with Gasteiger partial charge in [0.25, 0.3) is 0 Å². The molecule has 6 heteroatoms. The Morgan fingerprint density at radius 1 is 1.50 bits per heavy atom. The van der Waals surface area contributed by atoms with E-state index in [0.29, 0.717) is 5.92 Å². The fraction of sp³-hybridized carbons (Fsp3) is 0.500. The summed E-state index contributed by atoms with van der Waals surface area (Å²) in [4.78, 5) is 0. The van der Waals surface area contributed by atoms with E-state index in [9.17, 15) is 0 Å². The van der Waals surface area contributed by atoms with Crippen LogP contribution < -0.4 is 10.6 Å². The van der Waals surface area contributed by atoms with Crippen molar-refractivity contribution in [1.82, 2.24) is 24.9 Å². The Labute approximate surface area is 106 Å². The lowest BCUT2D eigenvalue weighted by molar-refractivity contribution is 0.391. The molecule has 1 aliphatic heterocycles. The highest BCUT2D eigenvalue weighted by molar-refractivity contribution is 5.35. The number of nitrogens with one attached hydrogen (secondary N) is 2. The number of hydrogen-bond donors (Lipinski definition) is 2. The molecule has 0 aliphatic carbocycles. The largest absolute Gasteiger partial charge is 0.370 e. The summed E-state index contributed by atoms with van der Waals surface area (Å²) in [6, 6.07) is 2.01. The van der Waals surface area contributed by atoms with Crippen LogP contribution in [0.4, 0.5) is 5.82 Å². The molecule has 0 unspecified atom stereocenters. The van der Waals surface area contributed by atoms with E-state index in [-0.39, 0.29) is 0 Å². The molecule has 1 aliphatic rings. The van der Waals surface area contributed by atoms with Gasteiger partial charge >= 0.3 is 0 Å². The van der Waals surface area contributed by atoms with Gasteiger partial charge in [-0.2, -0.15) is 10.2 Å². The molecule has 96 valence electrons. The second-order valence-electron chi connectivity index (χ2n) is 4.80. The number of fused-ring (bicyclic) bond motifs is 1. The summed E-state index contributed by atoms with van der Waals surface area (Å²) in [5, 5.41) is 15.3. The van der Waals surface area contributed by atoms with Crippen molar-refractivity contribution in [2.24, 2.45) is 13.0 Å². The van der Waals surface area contributed by atoms with E-state index >= 15 is 0 Å².